The van der Waals surface area contributed by atoms with Crippen LogP contribution in [-0.4, -0.2) is 4.40 Å². The molecule has 0 radical (unpaired) electrons. The predicted octanol–water partition coefficient (Wildman–Crippen LogP) is 7.70. The molecule has 2 nitrogen and oxygen atoms in total. The van der Waals surface area contributed by atoms with Gasteiger partial charge in [0.15, 0.2) is 11.9 Å². The van der Waals surface area contributed by atoms with Crippen molar-refractivity contribution < 1.29 is 4.57 Å². The molecule has 0 bridgehead atoms. The largest absolute Gasteiger partial charge is 0.320 e. The molecular weight excluding hydrogens is 424 g/mol. The highest BCUT2D eigenvalue weighted by Crippen LogP contribution is 2.38. The van der Waals surface area contributed by atoms with E-state index in [1.54, 1.807) is 0 Å². The Balaban J connectivity index is 1.51. The fourth-order valence-electron chi connectivity index (χ4n) is 5.31. The molecule has 2 heteroatoms. The van der Waals surface area contributed by atoms with E-state index in [0.29, 0.717) is 0 Å². The van der Waals surface area contributed by atoms with E-state index in [1.807, 2.05) is 0 Å². The Morgan fingerprint density at radius 1 is 0.714 bits per heavy atom. The van der Waals surface area contributed by atoms with E-state index in [2.05, 4.69) is 150 Å². The number of pyridine rings is 2. The predicted molar refractivity (Wildman–Crippen MR) is 146 cm³/mol. The van der Waals surface area contributed by atoms with E-state index in [0.717, 1.165) is 0 Å². The molecule has 0 amide bonds. The Morgan fingerprint density at radius 2 is 1.40 bits per heavy atom. The summed E-state index contributed by atoms with van der Waals surface area (Å²) in [5.41, 5.74) is 12.5. The number of hydrogen-bond donors (Lipinski definition) is 0. The van der Waals surface area contributed by atoms with Crippen molar-refractivity contribution in [3.8, 4) is 11.1 Å². The maximum absolute atomic E-state index is 2.29. The molecule has 5 aromatic rings. The third-order valence-electron chi connectivity index (χ3n) is 6.91. The van der Waals surface area contributed by atoms with Gasteiger partial charge in [-0.15, -0.1) is 0 Å². The summed E-state index contributed by atoms with van der Waals surface area (Å²) in [7, 11) is 0. The number of nitrogens with zero attached hydrogens (tertiary/aromatic N) is 2. The molecule has 4 heterocycles. The minimum absolute atomic E-state index is 1.22. The molecule has 0 saturated carbocycles. The Bertz CT molecular complexity index is 1630. The minimum atomic E-state index is 1.22. The first kappa shape index (κ1) is 21.1. The fourth-order valence-corrected chi connectivity index (χ4v) is 5.31. The van der Waals surface area contributed by atoms with Crippen LogP contribution in [0.15, 0.2) is 122 Å². The second-order valence-corrected chi connectivity index (χ2v) is 8.92. The van der Waals surface area contributed by atoms with Crippen LogP contribution in [-0.2, 0) is 0 Å². The Kier molecular flexibility index (Phi) is 5.27. The van der Waals surface area contributed by atoms with Gasteiger partial charge in [0.1, 0.15) is 0 Å². The number of allylic oxidation sites excluding steroid dienone is 5. The van der Waals surface area contributed by atoms with Crippen LogP contribution in [0.3, 0.4) is 0 Å². The van der Waals surface area contributed by atoms with Crippen molar-refractivity contribution in [3.63, 3.8) is 0 Å². The number of fused-ring (bicyclic) bond motifs is 2. The van der Waals surface area contributed by atoms with Gasteiger partial charge in [-0.2, -0.15) is 4.57 Å². The molecule has 3 aromatic heterocycles. The Hall–Kier alpha value is -4.43. The number of aromatic nitrogens is 2. The van der Waals surface area contributed by atoms with Gasteiger partial charge < -0.3 is 4.40 Å². The summed E-state index contributed by atoms with van der Waals surface area (Å²) in [4.78, 5) is 0. The molecule has 0 spiro atoms. The van der Waals surface area contributed by atoms with E-state index in [1.165, 1.54) is 56.0 Å². The van der Waals surface area contributed by atoms with Crippen molar-refractivity contribution in [2.45, 2.75) is 13.8 Å². The maximum Gasteiger partial charge on any atom is 0.218 e. The molecular formula is C33H27N2+. The van der Waals surface area contributed by atoms with E-state index >= 15 is 0 Å². The number of aryl methyl sites for hydroxylation is 1. The van der Waals surface area contributed by atoms with Crippen LogP contribution in [0.25, 0.3) is 39.6 Å². The number of benzene rings is 2. The maximum atomic E-state index is 2.29. The van der Waals surface area contributed by atoms with E-state index < -0.39 is 0 Å². The first-order valence-electron chi connectivity index (χ1n) is 12.1. The van der Waals surface area contributed by atoms with Crippen LogP contribution in [0.1, 0.15) is 29.4 Å². The van der Waals surface area contributed by atoms with Crippen LogP contribution < -0.4 is 4.57 Å². The van der Waals surface area contributed by atoms with Gasteiger partial charge in [-0.05, 0) is 42.3 Å². The summed E-state index contributed by atoms with van der Waals surface area (Å²) in [5.74, 6) is 0. The summed E-state index contributed by atoms with van der Waals surface area (Å²) in [6.45, 7) is 4.41. The first-order valence-corrected chi connectivity index (χ1v) is 12.1. The van der Waals surface area contributed by atoms with Crippen molar-refractivity contribution in [1.82, 2.24) is 4.40 Å². The van der Waals surface area contributed by atoms with E-state index in [9.17, 15) is 0 Å². The molecule has 0 unspecified atom stereocenters. The zero-order valence-electron chi connectivity index (χ0n) is 20.0. The number of rotatable bonds is 4. The molecule has 0 atom stereocenters. The van der Waals surface area contributed by atoms with E-state index in [4.69, 9.17) is 0 Å². The fraction of sp³-hybridized carbons (Fsp3) is 0.0606. The monoisotopic (exact) mass is 451 g/mol. The highest BCUT2D eigenvalue weighted by atomic mass is 15.0. The average molecular weight is 452 g/mol. The standard InChI is InChI=1S/C33H27N2/c1-24-32(26-14-5-3-6-15-26)28(30-20-9-11-22-34(24)30)18-13-19-29-31-21-10-12-23-35(31)25(2)33(29)27-16-7-4-8-17-27/h3-23H,1-2H3/q+1. The van der Waals surface area contributed by atoms with Gasteiger partial charge in [0.05, 0.1) is 16.7 Å². The van der Waals surface area contributed by atoms with E-state index in [-0.39, 0.29) is 0 Å². The minimum Gasteiger partial charge on any atom is -0.320 e. The van der Waals surface area contributed by atoms with Crippen LogP contribution in [0.5, 0.6) is 0 Å². The normalized spacial score (nSPS) is 14.4. The third-order valence-corrected chi connectivity index (χ3v) is 6.91. The summed E-state index contributed by atoms with van der Waals surface area (Å²) in [6.07, 6.45) is 11.0. The quantitative estimate of drug-likeness (QED) is 0.247. The average Bonchev–Trinajstić information content (AvgIpc) is 3.36. The zero-order valence-corrected chi connectivity index (χ0v) is 20.0. The van der Waals surface area contributed by atoms with Crippen LogP contribution in [0.2, 0.25) is 0 Å². The molecule has 0 N–H and O–H groups in total. The molecule has 35 heavy (non-hydrogen) atoms. The lowest BCUT2D eigenvalue weighted by Gasteiger charge is -2.04. The Labute approximate surface area is 206 Å². The van der Waals surface area contributed by atoms with Crippen LogP contribution in [0.4, 0.5) is 0 Å². The van der Waals surface area contributed by atoms with Gasteiger partial charge in [-0.1, -0.05) is 78.9 Å². The first-order chi connectivity index (χ1) is 17.2. The third kappa shape index (κ3) is 3.55. The van der Waals surface area contributed by atoms with Crippen molar-refractivity contribution in [2.24, 2.45) is 0 Å². The molecule has 168 valence electrons. The lowest BCUT2D eigenvalue weighted by atomic mass is 9.95. The van der Waals surface area contributed by atoms with Gasteiger partial charge in [0.25, 0.3) is 0 Å². The second-order valence-electron chi connectivity index (χ2n) is 8.92. The zero-order chi connectivity index (χ0) is 23.8. The van der Waals surface area contributed by atoms with Crippen molar-refractivity contribution in [2.75, 3.05) is 0 Å². The van der Waals surface area contributed by atoms with Gasteiger partial charge in [0.2, 0.25) is 5.69 Å². The molecule has 0 fully saturated rings. The van der Waals surface area contributed by atoms with Crippen molar-refractivity contribution >= 4 is 28.4 Å². The van der Waals surface area contributed by atoms with Crippen molar-refractivity contribution in [1.29, 1.82) is 0 Å². The van der Waals surface area contributed by atoms with Crippen LogP contribution in [0, 0.1) is 6.92 Å². The van der Waals surface area contributed by atoms with Crippen LogP contribution >= 0.6 is 0 Å². The molecule has 0 saturated heterocycles. The molecule has 1 aliphatic rings. The SMILES string of the molecule is CC1=C(c2ccccc2)C(=CC=Cc2c(-c3ccccc3)c(C)n3ccccc23)c2cccc[n+]21. The van der Waals surface area contributed by atoms with Gasteiger partial charge >= 0.3 is 0 Å². The lowest BCUT2D eigenvalue weighted by Crippen LogP contribution is -2.31. The van der Waals surface area contributed by atoms with Gasteiger partial charge in [-0.25, -0.2) is 0 Å². The Morgan fingerprint density at radius 3 is 2.17 bits per heavy atom. The molecule has 1 aliphatic heterocycles. The van der Waals surface area contributed by atoms with Gasteiger partial charge in [-0.3, -0.25) is 0 Å². The highest BCUT2D eigenvalue weighted by Gasteiger charge is 2.32. The highest BCUT2D eigenvalue weighted by molar-refractivity contribution is 6.12. The molecule has 2 aromatic carbocycles. The smallest absolute Gasteiger partial charge is 0.218 e. The van der Waals surface area contributed by atoms with Crippen molar-refractivity contribution in [3.05, 3.63) is 144 Å². The molecule has 0 aliphatic carbocycles. The topological polar surface area (TPSA) is 8.29 Å². The summed E-state index contributed by atoms with van der Waals surface area (Å²) in [6, 6.07) is 34.2. The lowest BCUT2D eigenvalue weighted by molar-refractivity contribution is -0.580. The second kappa shape index (κ2) is 8.73. The van der Waals surface area contributed by atoms with Gasteiger partial charge in [0, 0.05) is 42.1 Å². The number of hydrogen-bond acceptors (Lipinski definition) is 0. The summed E-state index contributed by atoms with van der Waals surface area (Å²) >= 11 is 0. The summed E-state index contributed by atoms with van der Waals surface area (Å²) in [5, 5.41) is 0. The summed E-state index contributed by atoms with van der Waals surface area (Å²) < 4.78 is 4.57. The molecule has 6 rings (SSSR count).